The van der Waals surface area contributed by atoms with Crippen LogP contribution in [0.5, 0.6) is 0 Å². The summed E-state index contributed by atoms with van der Waals surface area (Å²) in [5.41, 5.74) is 0.443. The molecule has 0 bridgehead atoms. The molecule has 0 spiro atoms. The first kappa shape index (κ1) is 35.0. The first-order valence-corrected chi connectivity index (χ1v) is 17.7. The standard InChI is InChI=1S/C27H52N2O7S2/c1-26(2)27(30)36-23-13-11-9-7-5-6-8-10-12-17-29(18-15-24-37(4,31)32)21-19-28(3,20-22-29)16-14-25-38(33,34)35/h1,4-25H2,2-3H3/p+2. The van der Waals surface area contributed by atoms with Gasteiger partial charge < -0.3 is 18.3 Å². The van der Waals surface area contributed by atoms with Crippen molar-refractivity contribution in [2.24, 2.45) is 0 Å². The molecule has 0 amide bonds. The number of esters is 1. The van der Waals surface area contributed by atoms with Gasteiger partial charge in [0.2, 0.25) is 0 Å². The third-order valence-corrected chi connectivity index (χ3v) is 9.51. The Kier molecular flexibility index (Phi) is 15.7. The minimum Gasteiger partial charge on any atom is -0.462 e. The van der Waals surface area contributed by atoms with E-state index in [0.29, 0.717) is 25.0 Å². The third kappa shape index (κ3) is 16.9. The molecule has 1 rings (SSSR count). The number of piperazine rings is 1. The molecule has 0 aliphatic carbocycles. The molecular formula is C27H54N2O7S2+2. The Labute approximate surface area is 232 Å². The number of likely N-dealkylation sites (N-methyl/N-ethyl adjacent to an activating group) is 1. The van der Waals surface area contributed by atoms with E-state index in [1.807, 2.05) is 0 Å². The van der Waals surface area contributed by atoms with Crippen LogP contribution in [0.1, 0.15) is 77.6 Å². The van der Waals surface area contributed by atoms with Crippen LogP contribution < -0.4 is 0 Å². The highest BCUT2D eigenvalue weighted by Gasteiger charge is 2.39. The second kappa shape index (κ2) is 17.0. The van der Waals surface area contributed by atoms with Gasteiger partial charge in [-0.25, -0.2) is 9.00 Å². The Hall–Kier alpha value is -0.980. The predicted molar refractivity (Wildman–Crippen MR) is 156 cm³/mol. The molecule has 1 saturated heterocycles. The average Bonchev–Trinajstić information content (AvgIpc) is 2.80. The second-order valence-electron chi connectivity index (χ2n) is 11.6. The molecule has 1 aliphatic heterocycles. The molecule has 11 heteroatoms. The quantitative estimate of drug-likeness (QED) is 0.0529. The molecule has 224 valence electrons. The maximum absolute atomic E-state index is 11.7. The van der Waals surface area contributed by atoms with Gasteiger partial charge in [-0.2, -0.15) is 8.42 Å². The lowest BCUT2D eigenvalue weighted by Gasteiger charge is -2.48. The molecule has 2 N–H and O–H groups in total. The number of unbranched alkanes of at least 4 members (excludes halogenated alkanes) is 8. The molecule has 1 unspecified atom stereocenters. The first-order valence-electron chi connectivity index (χ1n) is 14.2. The number of hydrogen-bond acceptors (Lipinski definition) is 5. The molecular weight excluding hydrogens is 528 g/mol. The molecule has 1 aliphatic rings. The Bertz CT molecular complexity index is 925. The van der Waals surface area contributed by atoms with E-state index in [-0.39, 0.29) is 17.5 Å². The largest absolute Gasteiger partial charge is 0.462 e. The van der Waals surface area contributed by atoms with E-state index in [4.69, 9.17) is 9.29 Å². The topological polar surface area (TPSA) is 118 Å². The molecule has 9 nitrogen and oxygen atoms in total. The number of carbonyl (C=O) groups is 1. The first-order chi connectivity index (χ1) is 17.7. The van der Waals surface area contributed by atoms with Gasteiger partial charge in [-0.1, -0.05) is 45.1 Å². The maximum Gasteiger partial charge on any atom is 0.333 e. The fourth-order valence-electron chi connectivity index (χ4n) is 5.24. The van der Waals surface area contributed by atoms with Gasteiger partial charge in [-0.05, 0) is 32.1 Å². The van der Waals surface area contributed by atoms with Crippen molar-refractivity contribution in [3.05, 3.63) is 12.2 Å². The van der Waals surface area contributed by atoms with E-state index < -0.39 is 19.9 Å². The maximum atomic E-state index is 11.7. The summed E-state index contributed by atoms with van der Waals surface area (Å²) in [5.74, 6) is 3.10. The van der Waals surface area contributed by atoms with Crippen molar-refractivity contribution >= 4 is 31.8 Å². The summed E-state index contributed by atoms with van der Waals surface area (Å²) in [6.45, 7) is 12.2. The van der Waals surface area contributed by atoms with Gasteiger partial charge in [0, 0.05) is 24.2 Å². The van der Waals surface area contributed by atoms with Gasteiger partial charge in [0.25, 0.3) is 10.1 Å². The molecule has 1 atom stereocenters. The SMILES string of the molecule is C=C(C)C(=O)OCCCCCCCCCCC[N+]1(CCCS(=C)(=O)O)CC[N+](C)(CCCS(=O)(=O)O)CC1. The van der Waals surface area contributed by atoms with Crippen LogP contribution in [0.15, 0.2) is 12.2 Å². The van der Waals surface area contributed by atoms with Crippen molar-refractivity contribution in [3.63, 3.8) is 0 Å². The van der Waals surface area contributed by atoms with E-state index >= 15 is 0 Å². The van der Waals surface area contributed by atoms with Gasteiger partial charge >= 0.3 is 5.97 Å². The molecule has 0 aromatic rings. The number of nitrogens with zero attached hydrogens (tertiary/aromatic N) is 2. The molecule has 1 heterocycles. The zero-order valence-corrected chi connectivity index (χ0v) is 25.5. The smallest absolute Gasteiger partial charge is 0.333 e. The minimum absolute atomic E-state index is 0.194. The molecule has 38 heavy (non-hydrogen) atoms. The molecule has 1 fully saturated rings. The van der Waals surface area contributed by atoms with Crippen molar-refractivity contribution in [2.75, 3.05) is 71.0 Å². The number of hydrogen-bond donors (Lipinski definition) is 2. The molecule has 0 saturated carbocycles. The molecule has 0 aromatic carbocycles. The Balaban J connectivity index is 2.33. The van der Waals surface area contributed by atoms with Crippen LogP contribution >= 0.6 is 0 Å². The van der Waals surface area contributed by atoms with Gasteiger partial charge in [-0.15, -0.1) is 0 Å². The highest BCUT2D eigenvalue weighted by Crippen LogP contribution is 2.22. The van der Waals surface area contributed by atoms with Crippen molar-refractivity contribution in [3.8, 4) is 0 Å². The fourth-order valence-corrected chi connectivity index (χ4v) is 6.32. The number of ether oxygens (including phenoxy) is 1. The Morgan fingerprint density at radius 2 is 1.24 bits per heavy atom. The highest BCUT2D eigenvalue weighted by atomic mass is 32.2. The van der Waals surface area contributed by atoms with E-state index in [0.717, 1.165) is 80.5 Å². The molecule has 0 aromatic heterocycles. The zero-order valence-electron chi connectivity index (χ0n) is 23.9. The summed E-state index contributed by atoms with van der Waals surface area (Å²) in [7, 11) is -4.74. The van der Waals surface area contributed by atoms with Crippen molar-refractivity contribution in [2.45, 2.75) is 77.6 Å². The lowest BCUT2D eigenvalue weighted by molar-refractivity contribution is -1.02. The van der Waals surface area contributed by atoms with Crippen LogP contribution in [0.4, 0.5) is 0 Å². The van der Waals surface area contributed by atoms with Crippen LogP contribution in [0.2, 0.25) is 0 Å². The number of rotatable bonds is 21. The third-order valence-electron chi connectivity index (χ3n) is 7.78. The van der Waals surface area contributed by atoms with Crippen molar-refractivity contribution in [1.29, 1.82) is 0 Å². The summed E-state index contributed by atoms with van der Waals surface area (Å²) in [6, 6.07) is 0. The number of carbonyl (C=O) groups excluding carboxylic acids is 1. The highest BCUT2D eigenvalue weighted by molar-refractivity contribution is 7.95. The monoisotopic (exact) mass is 582 g/mol. The lowest BCUT2D eigenvalue weighted by Crippen LogP contribution is -2.66. The predicted octanol–water partition coefficient (Wildman–Crippen LogP) is 3.75. The summed E-state index contributed by atoms with van der Waals surface area (Å²) >= 11 is 0. The van der Waals surface area contributed by atoms with E-state index in [1.54, 1.807) is 6.92 Å². The molecule has 0 radical (unpaired) electrons. The van der Waals surface area contributed by atoms with Crippen LogP contribution in [0.25, 0.3) is 0 Å². The fraction of sp³-hybridized carbons (Fsp3) is 0.852. The van der Waals surface area contributed by atoms with E-state index in [2.05, 4.69) is 19.5 Å². The zero-order chi connectivity index (χ0) is 28.7. The van der Waals surface area contributed by atoms with Crippen LogP contribution in [-0.4, -0.2) is 114 Å². The van der Waals surface area contributed by atoms with Crippen molar-refractivity contribution in [1.82, 2.24) is 0 Å². The van der Waals surface area contributed by atoms with Crippen LogP contribution in [0.3, 0.4) is 0 Å². The number of quaternary nitrogens is 2. The lowest BCUT2D eigenvalue weighted by atomic mass is 10.1. The van der Waals surface area contributed by atoms with Crippen LogP contribution in [0, 0.1) is 0 Å². The Morgan fingerprint density at radius 1 is 0.763 bits per heavy atom. The summed E-state index contributed by atoms with van der Waals surface area (Å²) < 4.78 is 59.4. The summed E-state index contributed by atoms with van der Waals surface area (Å²) in [4.78, 5) is 11.3. The second-order valence-corrected chi connectivity index (χ2v) is 15.1. The summed E-state index contributed by atoms with van der Waals surface area (Å²) in [5, 5.41) is 0. The van der Waals surface area contributed by atoms with Gasteiger partial charge in [0.1, 0.15) is 26.2 Å². The normalized spacial score (nSPS) is 23.6. The van der Waals surface area contributed by atoms with Crippen LogP contribution in [-0.2, 0) is 29.5 Å². The van der Waals surface area contributed by atoms with Crippen molar-refractivity contribution < 1.29 is 40.2 Å². The van der Waals surface area contributed by atoms with E-state index in [9.17, 15) is 22.0 Å². The Morgan fingerprint density at radius 3 is 1.74 bits per heavy atom. The minimum atomic E-state index is -3.92. The van der Waals surface area contributed by atoms with Gasteiger partial charge in [-0.3, -0.25) is 4.55 Å². The summed E-state index contributed by atoms with van der Waals surface area (Å²) in [6.07, 6.45) is 11.4. The average molecular weight is 583 g/mol. The van der Waals surface area contributed by atoms with Gasteiger partial charge in [0.15, 0.2) is 0 Å². The van der Waals surface area contributed by atoms with Gasteiger partial charge in [0.05, 0.1) is 48.8 Å². The van der Waals surface area contributed by atoms with E-state index in [1.165, 1.54) is 32.1 Å².